The van der Waals surface area contributed by atoms with Gasteiger partial charge in [-0.05, 0) is 29.8 Å². The highest BCUT2D eigenvalue weighted by Gasteiger charge is 2.18. The number of rotatable bonds is 5. The Morgan fingerprint density at radius 2 is 1.56 bits per heavy atom. The minimum atomic E-state index is -3.86. The Labute approximate surface area is 163 Å². The van der Waals surface area contributed by atoms with E-state index in [0.29, 0.717) is 11.4 Å². The molecule has 0 unspecified atom stereocenters. The number of para-hydroxylation sites is 1. The van der Waals surface area contributed by atoms with Gasteiger partial charge >= 0.3 is 0 Å². The fourth-order valence-electron chi connectivity index (χ4n) is 2.60. The van der Waals surface area contributed by atoms with Gasteiger partial charge in [-0.15, -0.1) is 0 Å². The van der Waals surface area contributed by atoms with Crippen LogP contribution in [0.2, 0.25) is 5.02 Å². The van der Waals surface area contributed by atoms with Gasteiger partial charge in [-0.3, -0.25) is 9.52 Å². The molecule has 5 nitrogen and oxygen atoms in total. The smallest absolute Gasteiger partial charge is 0.261 e. The van der Waals surface area contributed by atoms with Gasteiger partial charge in [0.05, 0.1) is 21.3 Å². The SMILES string of the molecule is CC(=O)Nc1ccc(S(=O)(=O)Nc2ccccc2-c2ccccc2)cc1Cl. The molecule has 27 heavy (non-hydrogen) atoms. The first-order chi connectivity index (χ1) is 12.9. The van der Waals surface area contributed by atoms with E-state index in [9.17, 15) is 13.2 Å². The molecular formula is C20H17ClN2O3S. The molecule has 0 spiro atoms. The highest BCUT2D eigenvalue weighted by atomic mass is 35.5. The van der Waals surface area contributed by atoms with Gasteiger partial charge in [-0.2, -0.15) is 0 Å². The zero-order valence-corrected chi connectivity index (χ0v) is 16.0. The summed E-state index contributed by atoms with van der Waals surface area (Å²) in [6.07, 6.45) is 0. The third-order valence-corrected chi connectivity index (χ3v) is 5.49. The molecule has 3 aromatic carbocycles. The molecule has 3 rings (SSSR count). The highest BCUT2D eigenvalue weighted by Crippen LogP contribution is 2.31. The normalized spacial score (nSPS) is 11.0. The molecule has 0 radical (unpaired) electrons. The van der Waals surface area contributed by atoms with Crippen molar-refractivity contribution in [2.45, 2.75) is 11.8 Å². The Bertz CT molecular complexity index is 1080. The molecule has 0 saturated carbocycles. The number of carbonyl (C=O) groups excluding carboxylic acids is 1. The van der Waals surface area contributed by atoms with Crippen molar-refractivity contribution in [3.8, 4) is 11.1 Å². The monoisotopic (exact) mass is 400 g/mol. The van der Waals surface area contributed by atoms with Gasteiger partial charge in [0, 0.05) is 12.5 Å². The van der Waals surface area contributed by atoms with Crippen LogP contribution in [0.3, 0.4) is 0 Å². The molecule has 3 aromatic rings. The van der Waals surface area contributed by atoms with E-state index in [1.165, 1.54) is 25.1 Å². The first-order valence-electron chi connectivity index (χ1n) is 8.11. The van der Waals surface area contributed by atoms with Crippen LogP contribution in [0.5, 0.6) is 0 Å². The van der Waals surface area contributed by atoms with Crippen LogP contribution in [0.15, 0.2) is 77.7 Å². The fourth-order valence-corrected chi connectivity index (χ4v) is 4.00. The van der Waals surface area contributed by atoms with Crippen LogP contribution in [-0.4, -0.2) is 14.3 Å². The van der Waals surface area contributed by atoms with E-state index < -0.39 is 10.0 Å². The lowest BCUT2D eigenvalue weighted by atomic mass is 10.0. The van der Waals surface area contributed by atoms with E-state index >= 15 is 0 Å². The Hall–Kier alpha value is -2.83. The highest BCUT2D eigenvalue weighted by molar-refractivity contribution is 7.92. The molecule has 1 amide bonds. The van der Waals surface area contributed by atoms with E-state index in [2.05, 4.69) is 10.0 Å². The van der Waals surface area contributed by atoms with Crippen LogP contribution in [0.1, 0.15) is 6.92 Å². The van der Waals surface area contributed by atoms with Crippen molar-refractivity contribution in [2.75, 3.05) is 10.0 Å². The van der Waals surface area contributed by atoms with Gasteiger partial charge in [0.1, 0.15) is 0 Å². The molecule has 0 aliphatic heterocycles. The molecular weight excluding hydrogens is 384 g/mol. The van der Waals surface area contributed by atoms with Gasteiger partial charge < -0.3 is 5.32 Å². The second-order valence-corrected chi connectivity index (χ2v) is 7.93. The number of hydrogen-bond acceptors (Lipinski definition) is 3. The minimum absolute atomic E-state index is 0.00414. The summed E-state index contributed by atoms with van der Waals surface area (Å²) in [7, 11) is -3.86. The quantitative estimate of drug-likeness (QED) is 0.648. The van der Waals surface area contributed by atoms with Crippen LogP contribution in [0.25, 0.3) is 11.1 Å². The summed E-state index contributed by atoms with van der Waals surface area (Å²) in [5.74, 6) is -0.289. The number of halogens is 1. The van der Waals surface area contributed by atoms with Crippen molar-refractivity contribution in [1.82, 2.24) is 0 Å². The van der Waals surface area contributed by atoms with Gasteiger partial charge in [0.2, 0.25) is 5.91 Å². The molecule has 2 N–H and O–H groups in total. The number of nitrogens with one attached hydrogen (secondary N) is 2. The summed E-state index contributed by atoms with van der Waals surface area (Å²) in [6.45, 7) is 1.35. The number of sulfonamides is 1. The predicted molar refractivity (Wildman–Crippen MR) is 108 cm³/mol. The summed E-state index contributed by atoms with van der Waals surface area (Å²) < 4.78 is 28.2. The summed E-state index contributed by atoms with van der Waals surface area (Å²) in [6, 6.07) is 20.8. The van der Waals surface area contributed by atoms with Crippen LogP contribution in [0.4, 0.5) is 11.4 Å². The average molecular weight is 401 g/mol. The number of benzene rings is 3. The molecule has 0 aliphatic rings. The van der Waals surface area contributed by atoms with Crippen molar-refractivity contribution < 1.29 is 13.2 Å². The third kappa shape index (κ3) is 4.48. The van der Waals surface area contributed by atoms with Crippen LogP contribution < -0.4 is 10.0 Å². The number of anilines is 2. The molecule has 138 valence electrons. The van der Waals surface area contributed by atoms with Crippen LogP contribution in [-0.2, 0) is 14.8 Å². The lowest BCUT2D eigenvalue weighted by Gasteiger charge is -2.14. The Balaban J connectivity index is 1.94. The Morgan fingerprint density at radius 1 is 0.889 bits per heavy atom. The lowest BCUT2D eigenvalue weighted by Crippen LogP contribution is -2.14. The summed E-state index contributed by atoms with van der Waals surface area (Å²) in [5, 5.41) is 2.69. The zero-order valence-electron chi connectivity index (χ0n) is 14.4. The van der Waals surface area contributed by atoms with Crippen LogP contribution in [0, 0.1) is 0 Å². The van der Waals surface area contributed by atoms with E-state index in [1.54, 1.807) is 12.1 Å². The number of hydrogen-bond donors (Lipinski definition) is 2. The predicted octanol–water partition coefficient (Wildman–Crippen LogP) is 4.77. The summed E-state index contributed by atoms with van der Waals surface area (Å²) >= 11 is 6.10. The molecule has 0 atom stereocenters. The molecule has 0 aromatic heterocycles. The Kier molecular flexibility index (Phi) is 5.48. The van der Waals surface area contributed by atoms with E-state index in [1.807, 2.05) is 42.5 Å². The standard InChI is InChI=1S/C20H17ClN2O3S/c1-14(24)22-20-12-11-16(13-18(20)21)27(25,26)23-19-10-6-5-9-17(19)15-7-3-2-4-8-15/h2-13,23H,1H3,(H,22,24). The molecule has 0 bridgehead atoms. The largest absolute Gasteiger partial charge is 0.325 e. The second kappa shape index (κ2) is 7.82. The van der Waals surface area contributed by atoms with Crippen molar-refractivity contribution in [2.24, 2.45) is 0 Å². The summed E-state index contributed by atoms with van der Waals surface area (Å²) in [5.41, 5.74) is 2.48. The van der Waals surface area contributed by atoms with Gasteiger partial charge in [0.25, 0.3) is 10.0 Å². The maximum absolute atomic E-state index is 12.8. The van der Waals surface area contributed by atoms with Crippen LogP contribution >= 0.6 is 11.6 Å². The first kappa shape index (κ1) is 18.9. The maximum atomic E-state index is 12.8. The van der Waals surface area contributed by atoms with Gasteiger partial charge in [-0.25, -0.2) is 8.42 Å². The van der Waals surface area contributed by atoms with E-state index in [4.69, 9.17) is 11.6 Å². The molecule has 0 heterocycles. The Morgan fingerprint density at radius 3 is 2.22 bits per heavy atom. The fraction of sp³-hybridized carbons (Fsp3) is 0.0500. The van der Waals surface area contributed by atoms with Crippen molar-refractivity contribution in [3.63, 3.8) is 0 Å². The molecule has 0 fully saturated rings. The zero-order chi connectivity index (χ0) is 19.4. The summed E-state index contributed by atoms with van der Waals surface area (Å²) in [4.78, 5) is 11.2. The molecule has 0 aliphatic carbocycles. The van der Waals surface area contributed by atoms with Gasteiger partial charge in [0.15, 0.2) is 0 Å². The van der Waals surface area contributed by atoms with E-state index in [0.717, 1.165) is 11.1 Å². The van der Waals surface area contributed by atoms with Crippen molar-refractivity contribution in [3.05, 3.63) is 77.8 Å². The lowest BCUT2D eigenvalue weighted by molar-refractivity contribution is -0.114. The maximum Gasteiger partial charge on any atom is 0.261 e. The second-order valence-electron chi connectivity index (χ2n) is 5.84. The molecule has 7 heteroatoms. The average Bonchev–Trinajstić information content (AvgIpc) is 2.64. The van der Waals surface area contributed by atoms with Gasteiger partial charge in [-0.1, -0.05) is 60.1 Å². The van der Waals surface area contributed by atoms with E-state index in [-0.39, 0.29) is 15.8 Å². The minimum Gasteiger partial charge on any atom is -0.325 e. The van der Waals surface area contributed by atoms with Crippen molar-refractivity contribution >= 4 is 38.9 Å². The number of carbonyl (C=O) groups is 1. The first-order valence-corrected chi connectivity index (χ1v) is 9.97. The van der Waals surface area contributed by atoms with Crippen molar-refractivity contribution in [1.29, 1.82) is 0 Å². The third-order valence-electron chi connectivity index (χ3n) is 3.82. The molecule has 0 saturated heterocycles. The topological polar surface area (TPSA) is 75.3 Å². The number of amides is 1.